The Labute approximate surface area is 124 Å². The zero-order valence-electron chi connectivity index (χ0n) is 11.9. The predicted octanol–water partition coefficient (Wildman–Crippen LogP) is 3.14. The Hall–Kier alpha value is -1.32. The lowest BCUT2D eigenvalue weighted by Crippen LogP contribution is -2.31. The number of aryl methyl sites for hydroxylation is 2. The number of hydrogen-bond acceptors (Lipinski definition) is 2. The van der Waals surface area contributed by atoms with E-state index in [1.165, 1.54) is 17.5 Å². The van der Waals surface area contributed by atoms with Crippen LogP contribution in [0.3, 0.4) is 0 Å². The fourth-order valence-electron chi connectivity index (χ4n) is 3.38. The second kappa shape index (κ2) is 5.58. The van der Waals surface area contributed by atoms with Crippen molar-refractivity contribution in [2.75, 3.05) is 7.05 Å². The Kier molecular flexibility index (Phi) is 3.81. The minimum Gasteiger partial charge on any atom is -0.311 e. The van der Waals surface area contributed by atoms with Crippen LogP contribution in [0.1, 0.15) is 29.3 Å². The van der Waals surface area contributed by atoms with E-state index in [-0.39, 0.29) is 6.04 Å². The minimum absolute atomic E-state index is 0.253. The second-order valence-corrected chi connectivity index (χ2v) is 5.95. The van der Waals surface area contributed by atoms with Crippen molar-refractivity contribution in [3.8, 4) is 0 Å². The molecule has 4 heteroatoms. The first kappa shape index (κ1) is 13.7. The largest absolute Gasteiger partial charge is 0.311 e. The second-order valence-electron chi connectivity index (χ2n) is 5.54. The number of halogens is 1. The van der Waals surface area contributed by atoms with Crippen LogP contribution < -0.4 is 5.32 Å². The van der Waals surface area contributed by atoms with Crippen molar-refractivity contribution in [2.45, 2.75) is 25.3 Å². The monoisotopic (exact) mass is 289 g/mol. The normalized spacial score (nSPS) is 19.6. The highest BCUT2D eigenvalue weighted by atomic mass is 35.5. The van der Waals surface area contributed by atoms with Crippen molar-refractivity contribution >= 4 is 11.6 Å². The molecule has 1 aromatic carbocycles. The van der Waals surface area contributed by atoms with Gasteiger partial charge in [-0.3, -0.25) is 4.68 Å². The van der Waals surface area contributed by atoms with Gasteiger partial charge < -0.3 is 5.32 Å². The van der Waals surface area contributed by atoms with Crippen LogP contribution in [0.15, 0.2) is 30.5 Å². The van der Waals surface area contributed by atoms with Gasteiger partial charge in [0.2, 0.25) is 0 Å². The third-order valence-corrected chi connectivity index (χ3v) is 4.69. The molecule has 0 saturated carbocycles. The Bertz CT molecular complexity index is 586. The fraction of sp³-hybridized carbons (Fsp3) is 0.438. The molecule has 1 N–H and O–H groups in total. The molecular weight excluding hydrogens is 270 g/mol. The molecule has 106 valence electrons. The Morgan fingerprint density at radius 1 is 1.35 bits per heavy atom. The summed E-state index contributed by atoms with van der Waals surface area (Å²) in [6.07, 6.45) is 5.17. The summed E-state index contributed by atoms with van der Waals surface area (Å²) in [4.78, 5) is 0. The van der Waals surface area contributed by atoms with Crippen LogP contribution in [-0.2, 0) is 19.9 Å². The standard InChI is InChI=1S/C16H20ClN3/c1-18-15(16-14(17)10-19-20(16)2)13-8-7-11-5-3-4-6-12(11)9-13/h3-6,10,13,15,18H,7-9H2,1-2H3. The SMILES string of the molecule is CNC(c1c(Cl)cnn1C)C1CCc2ccccc2C1. The summed E-state index contributed by atoms with van der Waals surface area (Å²) < 4.78 is 1.89. The molecule has 0 bridgehead atoms. The quantitative estimate of drug-likeness (QED) is 0.941. The van der Waals surface area contributed by atoms with E-state index in [0.29, 0.717) is 5.92 Å². The van der Waals surface area contributed by atoms with Crippen LogP contribution in [0, 0.1) is 5.92 Å². The molecular formula is C16H20ClN3. The molecule has 2 aromatic rings. The van der Waals surface area contributed by atoms with Crippen LogP contribution >= 0.6 is 11.6 Å². The molecule has 3 nitrogen and oxygen atoms in total. The molecule has 1 aliphatic carbocycles. The van der Waals surface area contributed by atoms with E-state index in [2.05, 4.69) is 34.7 Å². The van der Waals surface area contributed by atoms with Gasteiger partial charge in [0.25, 0.3) is 0 Å². The Morgan fingerprint density at radius 3 is 2.75 bits per heavy atom. The van der Waals surface area contributed by atoms with E-state index in [4.69, 9.17) is 11.6 Å². The maximum Gasteiger partial charge on any atom is 0.0834 e. The van der Waals surface area contributed by atoms with Crippen molar-refractivity contribution in [3.63, 3.8) is 0 Å². The molecule has 20 heavy (non-hydrogen) atoms. The molecule has 0 spiro atoms. The highest BCUT2D eigenvalue weighted by Gasteiger charge is 2.29. The first-order valence-electron chi connectivity index (χ1n) is 7.12. The molecule has 0 fully saturated rings. The van der Waals surface area contributed by atoms with Crippen molar-refractivity contribution < 1.29 is 0 Å². The predicted molar refractivity (Wildman–Crippen MR) is 82.0 cm³/mol. The lowest BCUT2D eigenvalue weighted by Gasteiger charge is -2.31. The lowest BCUT2D eigenvalue weighted by atomic mass is 9.79. The van der Waals surface area contributed by atoms with E-state index in [1.807, 2.05) is 18.8 Å². The van der Waals surface area contributed by atoms with Crippen molar-refractivity contribution in [2.24, 2.45) is 13.0 Å². The molecule has 1 aliphatic rings. The minimum atomic E-state index is 0.253. The summed E-state index contributed by atoms with van der Waals surface area (Å²) in [5.41, 5.74) is 4.07. The molecule has 0 radical (unpaired) electrons. The zero-order valence-corrected chi connectivity index (χ0v) is 12.7. The van der Waals surface area contributed by atoms with Crippen molar-refractivity contribution in [3.05, 3.63) is 52.3 Å². The summed E-state index contributed by atoms with van der Waals surface area (Å²) in [6.45, 7) is 0. The molecule has 2 unspecified atom stereocenters. The van der Waals surface area contributed by atoms with Gasteiger partial charge in [-0.05, 0) is 43.4 Å². The number of nitrogens with one attached hydrogen (secondary N) is 1. The maximum absolute atomic E-state index is 6.31. The summed E-state index contributed by atoms with van der Waals surface area (Å²) in [5, 5.41) is 8.47. The van der Waals surface area contributed by atoms with Crippen molar-refractivity contribution in [1.82, 2.24) is 15.1 Å². The van der Waals surface area contributed by atoms with Gasteiger partial charge in [0.15, 0.2) is 0 Å². The zero-order chi connectivity index (χ0) is 14.1. The van der Waals surface area contributed by atoms with Gasteiger partial charge in [-0.25, -0.2) is 0 Å². The van der Waals surface area contributed by atoms with Crippen LogP contribution in [0.25, 0.3) is 0 Å². The summed E-state index contributed by atoms with van der Waals surface area (Å²) in [7, 11) is 3.97. The smallest absolute Gasteiger partial charge is 0.0834 e. The van der Waals surface area contributed by atoms with Gasteiger partial charge in [0.1, 0.15) is 0 Å². The van der Waals surface area contributed by atoms with Crippen LogP contribution in [-0.4, -0.2) is 16.8 Å². The van der Waals surface area contributed by atoms with Gasteiger partial charge in [0, 0.05) is 7.05 Å². The van der Waals surface area contributed by atoms with Crippen LogP contribution in [0.4, 0.5) is 0 Å². The Morgan fingerprint density at radius 2 is 2.10 bits per heavy atom. The molecule has 0 amide bonds. The molecule has 2 atom stereocenters. The van der Waals surface area contributed by atoms with Gasteiger partial charge >= 0.3 is 0 Å². The molecule has 1 heterocycles. The van der Waals surface area contributed by atoms with Gasteiger partial charge in [-0.15, -0.1) is 0 Å². The van der Waals surface area contributed by atoms with E-state index in [9.17, 15) is 0 Å². The number of rotatable bonds is 3. The van der Waals surface area contributed by atoms with E-state index < -0.39 is 0 Å². The summed E-state index contributed by atoms with van der Waals surface area (Å²) in [5.74, 6) is 0.558. The number of hydrogen-bond donors (Lipinski definition) is 1. The highest BCUT2D eigenvalue weighted by molar-refractivity contribution is 6.31. The Balaban J connectivity index is 1.89. The van der Waals surface area contributed by atoms with E-state index in [1.54, 1.807) is 6.20 Å². The number of fused-ring (bicyclic) bond motifs is 1. The molecule has 1 aromatic heterocycles. The average Bonchev–Trinajstić information content (AvgIpc) is 2.80. The topological polar surface area (TPSA) is 29.9 Å². The van der Waals surface area contributed by atoms with E-state index >= 15 is 0 Å². The maximum atomic E-state index is 6.31. The average molecular weight is 290 g/mol. The number of benzene rings is 1. The van der Waals surface area contributed by atoms with Crippen molar-refractivity contribution in [1.29, 1.82) is 0 Å². The third kappa shape index (κ3) is 2.36. The lowest BCUT2D eigenvalue weighted by molar-refractivity contribution is 0.328. The van der Waals surface area contributed by atoms with Gasteiger partial charge in [-0.1, -0.05) is 35.9 Å². The fourth-order valence-corrected chi connectivity index (χ4v) is 3.66. The van der Waals surface area contributed by atoms with Crippen LogP contribution in [0.2, 0.25) is 5.02 Å². The van der Waals surface area contributed by atoms with Gasteiger partial charge in [0.05, 0.1) is 23.0 Å². The van der Waals surface area contributed by atoms with Crippen LogP contribution in [0.5, 0.6) is 0 Å². The third-order valence-electron chi connectivity index (χ3n) is 4.40. The first-order valence-corrected chi connectivity index (χ1v) is 7.50. The van der Waals surface area contributed by atoms with E-state index in [0.717, 1.165) is 23.6 Å². The summed E-state index contributed by atoms with van der Waals surface area (Å²) in [6, 6.07) is 9.01. The summed E-state index contributed by atoms with van der Waals surface area (Å²) >= 11 is 6.31. The molecule has 0 aliphatic heterocycles. The molecule has 3 rings (SSSR count). The number of aromatic nitrogens is 2. The molecule has 0 saturated heterocycles. The first-order chi connectivity index (χ1) is 9.70. The number of nitrogens with zero attached hydrogens (tertiary/aromatic N) is 2. The highest BCUT2D eigenvalue weighted by Crippen LogP contribution is 2.36. The van der Waals surface area contributed by atoms with Gasteiger partial charge in [-0.2, -0.15) is 5.10 Å².